The minimum atomic E-state index is 0.142. The van der Waals surface area contributed by atoms with E-state index in [1.165, 1.54) is 11.3 Å². The Morgan fingerprint density at radius 1 is 1.41 bits per heavy atom. The Hall–Kier alpha value is -0.820. The molecular weight excluding hydrogens is 230 g/mol. The molecule has 0 aliphatic rings. The molecule has 94 valence electrons. The van der Waals surface area contributed by atoms with Crippen LogP contribution in [-0.2, 0) is 6.54 Å². The summed E-state index contributed by atoms with van der Waals surface area (Å²) in [4.78, 5) is 3.77. The Morgan fingerprint density at radius 3 is 2.88 bits per heavy atom. The molecule has 1 aromatic rings. The maximum Gasteiger partial charge on any atom is 0.0540 e. The van der Waals surface area contributed by atoms with Gasteiger partial charge in [-0.3, -0.25) is 4.90 Å². The number of aliphatic hydroxyl groups is 1. The van der Waals surface area contributed by atoms with Gasteiger partial charge in [-0.2, -0.15) is 0 Å². The molecule has 2 nitrogen and oxygen atoms in total. The maximum atomic E-state index is 8.71. The third-order valence-electron chi connectivity index (χ3n) is 2.56. The van der Waals surface area contributed by atoms with Crippen molar-refractivity contribution < 1.29 is 5.11 Å². The molecular formula is C14H21NOS. The van der Waals surface area contributed by atoms with Crippen molar-refractivity contribution in [3.05, 3.63) is 21.9 Å². The van der Waals surface area contributed by atoms with E-state index in [4.69, 9.17) is 5.11 Å². The van der Waals surface area contributed by atoms with E-state index in [1.807, 2.05) is 0 Å². The molecule has 0 unspecified atom stereocenters. The monoisotopic (exact) mass is 251 g/mol. The van der Waals surface area contributed by atoms with Gasteiger partial charge >= 0.3 is 0 Å². The van der Waals surface area contributed by atoms with Crippen molar-refractivity contribution in [2.24, 2.45) is 0 Å². The second kappa shape index (κ2) is 8.30. The van der Waals surface area contributed by atoms with Gasteiger partial charge in [0.15, 0.2) is 0 Å². The van der Waals surface area contributed by atoms with Gasteiger partial charge in [-0.25, -0.2) is 0 Å². The zero-order valence-corrected chi connectivity index (χ0v) is 11.5. The Morgan fingerprint density at radius 2 is 2.24 bits per heavy atom. The lowest BCUT2D eigenvalue weighted by molar-refractivity contribution is 0.283. The third kappa shape index (κ3) is 4.91. The first-order valence-electron chi connectivity index (χ1n) is 6.20. The van der Waals surface area contributed by atoms with Crippen molar-refractivity contribution in [3.8, 4) is 11.8 Å². The van der Waals surface area contributed by atoms with Gasteiger partial charge in [-0.05, 0) is 31.0 Å². The van der Waals surface area contributed by atoms with Gasteiger partial charge in [0, 0.05) is 23.4 Å². The van der Waals surface area contributed by atoms with Crippen molar-refractivity contribution in [3.63, 3.8) is 0 Å². The van der Waals surface area contributed by atoms with Crippen LogP contribution in [0.3, 0.4) is 0 Å². The summed E-state index contributed by atoms with van der Waals surface area (Å²) in [6.07, 6.45) is 1.74. The number of thiophene rings is 1. The van der Waals surface area contributed by atoms with Gasteiger partial charge in [0.2, 0.25) is 0 Å². The summed E-state index contributed by atoms with van der Waals surface area (Å²) in [6.45, 7) is 7.75. The fourth-order valence-corrected chi connectivity index (χ4v) is 2.53. The van der Waals surface area contributed by atoms with E-state index in [0.29, 0.717) is 6.42 Å². The summed E-state index contributed by atoms with van der Waals surface area (Å²) in [7, 11) is 0. The topological polar surface area (TPSA) is 23.5 Å². The van der Waals surface area contributed by atoms with E-state index in [0.717, 1.165) is 25.2 Å². The standard InChI is InChI=1S/C14H21NOS/c1-3-9-15(4-2)12-14-13(8-11-17-14)7-5-6-10-16/h8,11,16H,3-4,6,9-10,12H2,1-2H3. The van der Waals surface area contributed by atoms with Crippen LogP contribution in [0, 0.1) is 11.8 Å². The van der Waals surface area contributed by atoms with Gasteiger partial charge in [-0.1, -0.05) is 25.7 Å². The second-order valence-electron chi connectivity index (χ2n) is 3.90. The van der Waals surface area contributed by atoms with Crippen LogP contribution in [0.2, 0.25) is 0 Å². The number of hydrogen-bond donors (Lipinski definition) is 1. The third-order valence-corrected chi connectivity index (χ3v) is 3.47. The Labute approximate surface area is 108 Å². The van der Waals surface area contributed by atoms with Crippen molar-refractivity contribution in [2.75, 3.05) is 19.7 Å². The van der Waals surface area contributed by atoms with Gasteiger partial charge in [0.1, 0.15) is 0 Å². The summed E-state index contributed by atoms with van der Waals surface area (Å²) in [5.74, 6) is 6.13. The number of rotatable bonds is 6. The molecule has 0 atom stereocenters. The highest BCUT2D eigenvalue weighted by Gasteiger charge is 2.07. The molecule has 0 bridgehead atoms. The first-order chi connectivity index (χ1) is 8.31. The molecule has 3 heteroatoms. The molecule has 0 amide bonds. The van der Waals surface area contributed by atoms with Crippen LogP contribution in [0.4, 0.5) is 0 Å². The predicted molar refractivity (Wildman–Crippen MR) is 74.1 cm³/mol. The van der Waals surface area contributed by atoms with E-state index in [2.05, 4.69) is 42.0 Å². The Kier molecular flexibility index (Phi) is 6.95. The molecule has 17 heavy (non-hydrogen) atoms. The van der Waals surface area contributed by atoms with Gasteiger partial charge in [0.05, 0.1) is 6.61 Å². The lowest BCUT2D eigenvalue weighted by atomic mass is 10.2. The van der Waals surface area contributed by atoms with Crippen LogP contribution < -0.4 is 0 Å². The quantitative estimate of drug-likeness (QED) is 0.786. The van der Waals surface area contributed by atoms with Crippen LogP contribution in [0.5, 0.6) is 0 Å². The summed E-state index contributed by atoms with van der Waals surface area (Å²) in [5, 5.41) is 10.8. The smallest absolute Gasteiger partial charge is 0.0540 e. The van der Waals surface area contributed by atoms with E-state index in [1.54, 1.807) is 11.3 Å². The molecule has 0 aliphatic heterocycles. The predicted octanol–water partition coefficient (Wildman–Crippen LogP) is 2.71. The molecule has 0 aliphatic carbocycles. The molecule has 0 aromatic carbocycles. The van der Waals surface area contributed by atoms with Crippen molar-refractivity contribution in [1.29, 1.82) is 0 Å². The molecule has 0 spiro atoms. The summed E-state index contributed by atoms with van der Waals surface area (Å²) < 4.78 is 0. The average Bonchev–Trinajstić information content (AvgIpc) is 2.76. The van der Waals surface area contributed by atoms with Crippen LogP contribution in [0.1, 0.15) is 37.1 Å². The van der Waals surface area contributed by atoms with Crippen LogP contribution in [-0.4, -0.2) is 29.7 Å². The highest BCUT2D eigenvalue weighted by atomic mass is 32.1. The summed E-state index contributed by atoms with van der Waals surface area (Å²) in [5.41, 5.74) is 1.12. The second-order valence-corrected chi connectivity index (χ2v) is 4.90. The van der Waals surface area contributed by atoms with Crippen molar-refractivity contribution in [1.82, 2.24) is 4.90 Å². The first-order valence-corrected chi connectivity index (χ1v) is 7.08. The largest absolute Gasteiger partial charge is 0.395 e. The molecule has 0 fully saturated rings. The molecule has 1 rings (SSSR count). The molecule has 1 aromatic heterocycles. The zero-order valence-electron chi connectivity index (χ0n) is 10.7. The fraction of sp³-hybridized carbons (Fsp3) is 0.571. The van der Waals surface area contributed by atoms with E-state index in [-0.39, 0.29) is 6.61 Å². The highest BCUT2D eigenvalue weighted by Crippen LogP contribution is 2.18. The van der Waals surface area contributed by atoms with Crippen molar-refractivity contribution in [2.45, 2.75) is 33.2 Å². The lowest BCUT2D eigenvalue weighted by Crippen LogP contribution is -2.23. The minimum absolute atomic E-state index is 0.142. The summed E-state index contributed by atoms with van der Waals surface area (Å²) >= 11 is 1.77. The van der Waals surface area contributed by atoms with Gasteiger partial charge in [0.25, 0.3) is 0 Å². The van der Waals surface area contributed by atoms with E-state index < -0.39 is 0 Å². The van der Waals surface area contributed by atoms with Gasteiger partial charge < -0.3 is 5.11 Å². The SMILES string of the molecule is CCCN(CC)Cc1sccc1C#CCCO. The fourth-order valence-electron chi connectivity index (χ4n) is 1.66. The lowest BCUT2D eigenvalue weighted by Gasteiger charge is -2.18. The molecule has 0 saturated heterocycles. The Bertz CT molecular complexity index is 375. The van der Waals surface area contributed by atoms with Crippen molar-refractivity contribution >= 4 is 11.3 Å². The minimum Gasteiger partial charge on any atom is -0.395 e. The Balaban J connectivity index is 2.65. The molecule has 0 radical (unpaired) electrons. The zero-order chi connectivity index (χ0) is 12.5. The highest BCUT2D eigenvalue weighted by molar-refractivity contribution is 7.10. The number of hydrogen-bond acceptors (Lipinski definition) is 3. The van der Waals surface area contributed by atoms with Crippen LogP contribution in [0.15, 0.2) is 11.4 Å². The summed E-state index contributed by atoms with van der Waals surface area (Å²) in [6, 6.07) is 2.07. The maximum absolute atomic E-state index is 8.71. The molecule has 1 heterocycles. The number of aliphatic hydroxyl groups excluding tert-OH is 1. The van der Waals surface area contributed by atoms with E-state index in [9.17, 15) is 0 Å². The molecule has 0 saturated carbocycles. The normalized spacial score (nSPS) is 10.4. The molecule has 1 N–H and O–H groups in total. The first kappa shape index (κ1) is 14.2. The average molecular weight is 251 g/mol. The van der Waals surface area contributed by atoms with E-state index >= 15 is 0 Å². The number of nitrogens with zero attached hydrogens (tertiary/aromatic N) is 1. The van der Waals surface area contributed by atoms with Crippen LogP contribution >= 0.6 is 11.3 Å². The van der Waals surface area contributed by atoms with Gasteiger partial charge in [-0.15, -0.1) is 11.3 Å². The van der Waals surface area contributed by atoms with Crippen LogP contribution in [0.25, 0.3) is 0 Å².